The molecule has 172 valence electrons. The summed E-state index contributed by atoms with van der Waals surface area (Å²) in [5.74, 6) is 4.17. The lowest BCUT2D eigenvalue weighted by molar-refractivity contribution is -0.290. The van der Waals surface area contributed by atoms with Gasteiger partial charge in [0.2, 0.25) is 0 Å². The van der Waals surface area contributed by atoms with Crippen molar-refractivity contribution in [3.8, 4) is 0 Å². The monoisotopic (exact) mass is 428 g/mol. The molecule has 2 N–H and O–H groups in total. The minimum absolute atomic E-state index is 0.0212. The minimum atomic E-state index is -4.52. The molecule has 0 aliphatic heterocycles. The molecule has 0 radical (unpaired) electrons. The van der Waals surface area contributed by atoms with E-state index in [1.807, 2.05) is 6.92 Å². The van der Waals surface area contributed by atoms with Gasteiger partial charge in [0.1, 0.15) is 0 Å². The Morgan fingerprint density at radius 3 is 2.23 bits per heavy atom. The molecular formula is C25H39F3O2. The maximum absolute atomic E-state index is 13.5. The Kier molecular flexibility index (Phi) is 4.59. The maximum Gasteiger partial charge on any atom is 0.417 e. The lowest BCUT2D eigenvalue weighted by Gasteiger charge is -2.63. The Hall–Kier alpha value is -0.290. The molecule has 0 unspecified atom stereocenters. The van der Waals surface area contributed by atoms with Crippen molar-refractivity contribution in [1.82, 2.24) is 0 Å². The zero-order valence-electron chi connectivity index (χ0n) is 18.9. The van der Waals surface area contributed by atoms with Gasteiger partial charge in [-0.15, -0.1) is 0 Å². The molecule has 0 aromatic carbocycles. The van der Waals surface area contributed by atoms with Gasteiger partial charge in [0.15, 0.2) is 5.60 Å². The first-order chi connectivity index (χ1) is 13.8. The van der Waals surface area contributed by atoms with Gasteiger partial charge in [-0.3, -0.25) is 0 Å². The minimum Gasteiger partial charge on any atom is -0.393 e. The van der Waals surface area contributed by atoms with E-state index < -0.39 is 11.8 Å². The summed E-state index contributed by atoms with van der Waals surface area (Å²) in [5.41, 5.74) is -2.28. The lowest BCUT2D eigenvalue weighted by Crippen LogP contribution is -2.59. The molecule has 5 fully saturated rings. The third-order valence-corrected chi connectivity index (χ3v) is 11.5. The van der Waals surface area contributed by atoms with E-state index in [1.54, 1.807) is 0 Å². The Balaban J connectivity index is 1.41. The summed E-state index contributed by atoms with van der Waals surface area (Å²) in [5, 5.41) is 20.7. The number of fused-ring (bicyclic) bond motifs is 7. The number of hydrogen-bond donors (Lipinski definition) is 2. The first-order valence-corrected chi connectivity index (χ1v) is 12.3. The summed E-state index contributed by atoms with van der Waals surface area (Å²) in [4.78, 5) is 0. The van der Waals surface area contributed by atoms with Gasteiger partial charge in [0.05, 0.1) is 6.10 Å². The molecule has 2 nitrogen and oxygen atoms in total. The summed E-state index contributed by atoms with van der Waals surface area (Å²) in [6.45, 7) is 8.88. The van der Waals surface area contributed by atoms with Gasteiger partial charge in [-0.2, -0.15) is 13.2 Å². The van der Waals surface area contributed by atoms with Crippen LogP contribution < -0.4 is 0 Å². The molecule has 5 heteroatoms. The highest BCUT2D eigenvalue weighted by atomic mass is 19.4. The predicted molar refractivity (Wildman–Crippen MR) is 109 cm³/mol. The highest BCUT2D eigenvalue weighted by molar-refractivity contribution is 5.19. The number of hydrogen-bond acceptors (Lipinski definition) is 2. The van der Waals surface area contributed by atoms with Gasteiger partial charge >= 0.3 is 6.18 Å². The fraction of sp³-hybridized carbons (Fsp3) is 1.00. The van der Waals surface area contributed by atoms with E-state index in [4.69, 9.17) is 0 Å². The fourth-order valence-corrected chi connectivity index (χ4v) is 9.82. The predicted octanol–water partition coefficient (Wildman–Crippen LogP) is 5.81. The molecule has 0 aromatic rings. The van der Waals surface area contributed by atoms with Crippen LogP contribution in [0.15, 0.2) is 0 Å². The van der Waals surface area contributed by atoms with Crippen LogP contribution in [0, 0.1) is 58.2 Å². The van der Waals surface area contributed by atoms with Gasteiger partial charge in [0, 0.05) is 0 Å². The quantitative estimate of drug-likeness (QED) is 0.583. The highest BCUT2D eigenvalue weighted by Crippen LogP contribution is 2.77. The van der Waals surface area contributed by atoms with Gasteiger partial charge in [-0.05, 0) is 116 Å². The van der Waals surface area contributed by atoms with E-state index in [-0.39, 0.29) is 35.7 Å². The zero-order valence-corrected chi connectivity index (χ0v) is 18.9. The second kappa shape index (κ2) is 6.40. The second-order valence-corrected chi connectivity index (χ2v) is 12.5. The van der Waals surface area contributed by atoms with Crippen LogP contribution in [0.4, 0.5) is 13.2 Å². The van der Waals surface area contributed by atoms with E-state index in [2.05, 4.69) is 20.8 Å². The fourth-order valence-electron chi connectivity index (χ4n) is 9.82. The zero-order chi connectivity index (χ0) is 21.9. The van der Waals surface area contributed by atoms with Crippen LogP contribution in [0.5, 0.6) is 0 Å². The first kappa shape index (κ1) is 21.6. The lowest BCUT2D eigenvalue weighted by atomic mass is 9.43. The number of aliphatic hydroxyl groups excluding tert-OH is 1. The summed E-state index contributed by atoms with van der Waals surface area (Å²) in [7, 11) is 0. The number of aliphatic hydroxyl groups is 2. The summed E-state index contributed by atoms with van der Waals surface area (Å²) in [6.07, 6.45) is 0.864. The van der Waals surface area contributed by atoms with E-state index in [0.29, 0.717) is 36.0 Å². The van der Waals surface area contributed by atoms with E-state index in [1.165, 1.54) is 6.42 Å². The van der Waals surface area contributed by atoms with Gasteiger partial charge in [-0.25, -0.2) is 0 Å². The average molecular weight is 429 g/mol. The molecule has 12 atom stereocenters. The smallest absolute Gasteiger partial charge is 0.393 e. The number of halogens is 3. The van der Waals surface area contributed by atoms with Crippen LogP contribution in [0.25, 0.3) is 0 Å². The third-order valence-electron chi connectivity index (χ3n) is 11.5. The van der Waals surface area contributed by atoms with Gasteiger partial charge in [-0.1, -0.05) is 20.8 Å². The van der Waals surface area contributed by atoms with Crippen LogP contribution in [0.2, 0.25) is 0 Å². The van der Waals surface area contributed by atoms with Gasteiger partial charge < -0.3 is 10.2 Å². The standard InChI is InChI=1S/C25H39F3O2/c1-13(14(2)29)20-17-11-18(17)21-16-6-5-15-12-24(30,25(26,27)28)10-9-22(15,3)19(16)7-8-23(20,21)4/h13-21,29-30H,5-12H2,1-4H3/t13-,14-,15-,16-,17+,18-,19+,20+,21-,22+,23-,24-/m1/s1. The molecule has 5 rings (SSSR count). The molecule has 0 spiro atoms. The van der Waals surface area contributed by atoms with Crippen LogP contribution >= 0.6 is 0 Å². The molecule has 0 heterocycles. The van der Waals surface area contributed by atoms with Crippen molar-refractivity contribution < 1.29 is 23.4 Å². The van der Waals surface area contributed by atoms with Crippen molar-refractivity contribution >= 4 is 0 Å². The molecule has 5 saturated carbocycles. The van der Waals surface area contributed by atoms with Crippen LogP contribution in [0.1, 0.15) is 79.1 Å². The van der Waals surface area contributed by atoms with Crippen LogP contribution in [0.3, 0.4) is 0 Å². The normalized spacial score (nSPS) is 56.9. The highest BCUT2D eigenvalue weighted by Gasteiger charge is 2.72. The van der Waals surface area contributed by atoms with Crippen molar-refractivity contribution in [2.24, 2.45) is 58.2 Å². The molecule has 5 aliphatic rings. The topological polar surface area (TPSA) is 40.5 Å². The summed E-state index contributed by atoms with van der Waals surface area (Å²) < 4.78 is 40.6. The third kappa shape index (κ3) is 2.69. The average Bonchev–Trinajstić information content (AvgIpc) is 3.35. The van der Waals surface area contributed by atoms with Crippen molar-refractivity contribution in [2.75, 3.05) is 0 Å². The van der Waals surface area contributed by atoms with Crippen molar-refractivity contribution in [3.63, 3.8) is 0 Å². The SMILES string of the molecule is C[C@@H]([C@H]1[C@H]2C[C@H]2[C@H]2[C@@H]3CC[C@@H]4C[C@@](O)(C(F)(F)F)CC[C@]4(C)[C@H]3CC[C@@]21C)[C@@H](C)O. The molecule has 0 amide bonds. The van der Waals surface area contributed by atoms with Gasteiger partial charge in [0.25, 0.3) is 0 Å². The van der Waals surface area contributed by atoms with E-state index in [9.17, 15) is 23.4 Å². The van der Waals surface area contributed by atoms with Crippen LogP contribution in [-0.2, 0) is 0 Å². The summed E-state index contributed by atoms with van der Waals surface area (Å²) in [6, 6.07) is 0. The van der Waals surface area contributed by atoms with E-state index in [0.717, 1.165) is 37.5 Å². The summed E-state index contributed by atoms with van der Waals surface area (Å²) >= 11 is 0. The number of alkyl halides is 3. The Labute approximate surface area is 179 Å². The Morgan fingerprint density at radius 2 is 1.60 bits per heavy atom. The first-order valence-electron chi connectivity index (χ1n) is 12.3. The van der Waals surface area contributed by atoms with Crippen molar-refractivity contribution in [1.29, 1.82) is 0 Å². The molecule has 5 aliphatic carbocycles. The largest absolute Gasteiger partial charge is 0.417 e. The Bertz CT molecular complexity index is 707. The maximum atomic E-state index is 13.5. The van der Waals surface area contributed by atoms with Crippen molar-refractivity contribution in [3.05, 3.63) is 0 Å². The van der Waals surface area contributed by atoms with E-state index >= 15 is 0 Å². The Morgan fingerprint density at radius 1 is 0.900 bits per heavy atom. The van der Waals surface area contributed by atoms with Crippen LogP contribution in [-0.4, -0.2) is 28.1 Å². The molecule has 30 heavy (non-hydrogen) atoms. The molecule has 0 bridgehead atoms. The van der Waals surface area contributed by atoms with Crippen molar-refractivity contribution in [2.45, 2.75) is 96.9 Å². The molecule has 0 aromatic heterocycles. The number of rotatable bonds is 2. The second-order valence-electron chi connectivity index (χ2n) is 12.5. The molecule has 0 saturated heterocycles. The molecular weight excluding hydrogens is 389 g/mol.